The number of carbonyl (C=O) groups excluding carboxylic acids is 1. The zero-order valence-corrected chi connectivity index (χ0v) is 12.1. The number of amidine groups is 1. The zero-order valence-electron chi connectivity index (χ0n) is 12.1. The molecule has 2 heterocycles. The predicted molar refractivity (Wildman–Crippen MR) is 75.5 cm³/mol. The van der Waals surface area contributed by atoms with Crippen LogP contribution in [0.3, 0.4) is 0 Å². The van der Waals surface area contributed by atoms with E-state index in [1.54, 1.807) is 0 Å². The molecule has 0 aromatic rings. The summed E-state index contributed by atoms with van der Waals surface area (Å²) in [7, 11) is 0. The van der Waals surface area contributed by atoms with Gasteiger partial charge in [-0.2, -0.15) is 0 Å². The van der Waals surface area contributed by atoms with Crippen LogP contribution < -0.4 is 5.73 Å². The molecule has 6 heteroatoms. The lowest BCUT2D eigenvalue weighted by molar-refractivity contribution is -0.148. The third-order valence-electron chi connectivity index (χ3n) is 5.41. The molecule has 3 N–H and O–H groups in total. The lowest BCUT2D eigenvalue weighted by Gasteiger charge is -2.48. The molecule has 3 aliphatic rings. The van der Waals surface area contributed by atoms with E-state index in [9.17, 15) is 4.79 Å². The summed E-state index contributed by atoms with van der Waals surface area (Å²) >= 11 is 0. The molecule has 0 bridgehead atoms. The highest BCUT2D eigenvalue weighted by molar-refractivity contribution is 6.07. The van der Waals surface area contributed by atoms with Gasteiger partial charge in [0.2, 0.25) is 5.91 Å². The fourth-order valence-electron chi connectivity index (χ4n) is 3.95. The number of carbonyl (C=O) groups is 1. The summed E-state index contributed by atoms with van der Waals surface area (Å²) in [6.07, 6.45) is 4.79. The van der Waals surface area contributed by atoms with Crippen LogP contribution in [0.15, 0.2) is 5.16 Å². The maximum Gasteiger partial charge on any atom is 0.236 e. The minimum absolute atomic E-state index is 0.0677. The van der Waals surface area contributed by atoms with Gasteiger partial charge in [0.1, 0.15) is 5.41 Å². The lowest BCUT2D eigenvalue weighted by atomic mass is 9.66. The average molecular weight is 280 g/mol. The summed E-state index contributed by atoms with van der Waals surface area (Å²) in [4.78, 5) is 17.4. The molecule has 3 rings (SSSR count). The van der Waals surface area contributed by atoms with Gasteiger partial charge >= 0.3 is 0 Å². The Hall–Kier alpha value is -1.30. The fourth-order valence-corrected chi connectivity index (χ4v) is 3.95. The van der Waals surface area contributed by atoms with Crippen LogP contribution in [-0.4, -0.2) is 58.5 Å². The molecule has 1 saturated carbocycles. The molecule has 2 saturated heterocycles. The maximum absolute atomic E-state index is 12.9. The van der Waals surface area contributed by atoms with Gasteiger partial charge in [-0.3, -0.25) is 9.69 Å². The first-order valence-corrected chi connectivity index (χ1v) is 7.61. The van der Waals surface area contributed by atoms with Gasteiger partial charge in [-0.25, -0.2) is 0 Å². The number of nitrogens with two attached hydrogens (primary N) is 1. The van der Waals surface area contributed by atoms with Crippen molar-refractivity contribution in [2.75, 3.05) is 19.6 Å². The first-order chi connectivity index (χ1) is 9.58. The molecule has 0 aromatic heterocycles. The molecule has 0 aromatic carbocycles. The van der Waals surface area contributed by atoms with Gasteiger partial charge in [-0.1, -0.05) is 11.6 Å². The van der Waals surface area contributed by atoms with Crippen molar-refractivity contribution in [2.45, 2.75) is 51.1 Å². The second-order valence-electron chi connectivity index (χ2n) is 6.52. The Balaban J connectivity index is 1.79. The second kappa shape index (κ2) is 4.91. The minimum Gasteiger partial charge on any atom is -0.409 e. The summed E-state index contributed by atoms with van der Waals surface area (Å²) in [6.45, 7) is 5.00. The molecule has 6 nitrogen and oxygen atoms in total. The maximum atomic E-state index is 12.9. The first-order valence-electron chi connectivity index (χ1n) is 7.61. The number of amides is 1. The van der Waals surface area contributed by atoms with Crippen molar-refractivity contribution in [2.24, 2.45) is 16.3 Å². The van der Waals surface area contributed by atoms with Crippen molar-refractivity contribution >= 4 is 11.7 Å². The van der Waals surface area contributed by atoms with E-state index in [0.29, 0.717) is 18.9 Å². The number of hydrogen-bond donors (Lipinski definition) is 2. The molecular weight excluding hydrogens is 256 g/mol. The minimum atomic E-state index is -0.732. The van der Waals surface area contributed by atoms with E-state index in [0.717, 1.165) is 26.1 Å². The molecule has 2 atom stereocenters. The van der Waals surface area contributed by atoms with Crippen molar-refractivity contribution in [3.63, 3.8) is 0 Å². The summed E-state index contributed by atoms with van der Waals surface area (Å²) < 4.78 is 0. The number of oxime groups is 1. The molecule has 2 aliphatic heterocycles. The van der Waals surface area contributed by atoms with Gasteiger partial charge in [-0.05, 0) is 39.2 Å². The molecular formula is C14H24N4O2. The Morgan fingerprint density at radius 1 is 1.35 bits per heavy atom. The molecule has 0 radical (unpaired) electrons. The van der Waals surface area contributed by atoms with Crippen molar-refractivity contribution < 1.29 is 10.0 Å². The van der Waals surface area contributed by atoms with Crippen LogP contribution in [0.1, 0.15) is 39.0 Å². The zero-order chi connectivity index (χ0) is 14.3. The Morgan fingerprint density at radius 2 is 2.10 bits per heavy atom. The molecule has 112 valence electrons. The van der Waals surface area contributed by atoms with E-state index in [4.69, 9.17) is 10.9 Å². The number of fused-ring (bicyclic) bond motifs is 1. The smallest absolute Gasteiger partial charge is 0.236 e. The van der Waals surface area contributed by atoms with E-state index in [-0.39, 0.29) is 17.8 Å². The van der Waals surface area contributed by atoms with Crippen LogP contribution in [-0.2, 0) is 4.79 Å². The second-order valence-corrected chi connectivity index (χ2v) is 6.52. The Bertz CT molecular complexity index is 433. The normalized spacial score (nSPS) is 33.6. The molecule has 3 fully saturated rings. The van der Waals surface area contributed by atoms with Crippen molar-refractivity contribution in [1.29, 1.82) is 0 Å². The highest BCUT2D eigenvalue weighted by Crippen LogP contribution is 2.44. The summed E-state index contributed by atoms with van der Waals surface area (Å²) in [5.74, 6) is 0.160. The highest BCUT2D eigenvalue weighted by Gasteiger charge is 2.52. The topological polar surface area (TPSA) is 82.2 Å². The van der Waals surface area contributed by atoms with Gasteiger partial charge in [0.25, 0.3) is 0 Å². The number of hydrogen-bond acceptors (Lipinski definition) is 4. The molecule has 1 aliphatic carbocycles. The Morgan fingerprint density at radius 3 is 2.70 bits per heavy atom. The van der Waals surface area contributed by atoms with Gasteiger partial charge in [0.15, 0.2) is 5.84 Å². The molecule has 1 amide bonds. The van der Waals surface area contributed by atoms with E-state index in [1.165, 1.54) is 12.8 Å². The number of rotatable bonds is 2. The van der Waals surface area contributed by atoms with Crippen LogP contribution in [0.5, 0.6) is 0 Å². The predicted octanol–water partition coefficient (Wildman–Crippen LogP) is 0.598. The third kappa shape index (κ3) is 1.89. The van der Waals surface area contributed by atoms with Crippen molar-refractivity contribution in [3.05, 3.63) is 0 Å². The quantitative estimate of drug-likeness (QED) is 0.336. The van der Waals surface area contributed by atoms with Crippen molar-refractivity contribution in [3.8, 4) is 0 Å². The van der Waals surface area contributed by atoms with E-state index in [1.807, 2.05) is 4.90 Å². The lowest BCUT2D eigenvalue weighted by Crippen LogP contribution is -2.63. The van der Waals surface area contributed by atoms with Gasteiger partial charge in [-0.15, -0.1) is 0 Å². The number of piperazine rings is 1. The van der Waals surface area contributed by atoms with E-state index < -0.39 is 5.41 Å². The van der Waals surface area contributed by atoms with Crippen LogP contribution in [0.2, 0.25) is 0 Å². The van der Waals surface area contributed by atoms with Crippen LogP contribution >= 0.6 is 0 Å². The SMILES string of the molecule is CC1CN2CCCC2CN1C(=O)C1(C(N)=NO)CCC1. The summed E-state index contributed by atoms with van der Waals surface area (Å²) in [5.41, 5.74) is 5.08. The van der Waals surface area contributed by atoms with Crippen LogP contribution in [0.4, 0.5) is 0 Å². The first kappa shape index (κ1) is 13.7. The monoisotopic (exact) mass is 280 g/mol. The van der Waals surface area contributed by atoms with Gasteiger partial charge in [0, 0.05) is 25.2 Å². The van der Waals surface area contributed by atoms with Gasteiger partial charge in [0.05, 0.1) is 0 Å². The third-order valence-corrected chi connectivity index (χ3v) is 5.41. The Kier molecular flexibility index (Phi) is 3.36. The average Bonchev–Trinajstić information content (AvgIpc) is 2.82. The highest BCUT2D eigenvalue weighted by atomic mass is 16.4. The summed E-state index contributed by atoms with van der Waals surface area (Å²) in [5, 5.41) is 12.1. The standard InChI is InChI=1S/C14H24N4O2/c1-10-8-17-7-2-4-11(17)9-18(10)13(19)14(5-3-6-14)12(15)16-20/h10-11,20H,2-9H2,1H3,(H2,15,16). The molecule has 20 heavy (non-hydrogen) atoms. The van der Waals surface area contributed by atoms with E-state index >= 15 is 0 Å². The number of nitrogens with zero attached hydrogens (tertiary/aromatic N) is 3. The van der Waals surface area contributed by atoms with Gasteiger partial charge < -0.3 is 15.8 Å². The molecule has 2 unspecified atom stereocenters. The fraction of sp³-hybridized carbons (Fsp3) is 0.857. The molecule has 0 spiro atoms. The van der Waals surface area contributed by atoms with Crippen molar-refractivity contribution in [1.82, 2.24) is 9.80 Å². The van der Waals surface area contributed by atoms with Crippen LogP contribution in [0.25, 0.3) is 0 Å². The van der Waals surface area contributed by atoms with E-state index in [2.05, 4.69) is 17.0 Å². The Labute approximate surface area is 119 Å². The van der Waals surface area contributed by atoms with Crippen LogP contribution in [0, 0.1) is 5.41 Å². The largest absolute Gasteiger partial charge is 0.409 e. The summed E-state index contributed by atoms with van der Waals surface area (Å²) in [6, 6.07) is 0.709.